The van der Waals surface area contributed by atoms with E-state index in [4.69, 9.17) is 20.9 Å². The molecular weight excluding hydrogens is 492 g/mol. The zero-order chi connectivity index (χ0) is 25.2. The first-order valence-corrected chi connectivity index (χ1v) is 12.3. The lowest BCUT2D eigenvalue weighted by molar-refractivity contribution is -0.143. The number of alkyl halides is 2. The van der Waals surface area contributed by atoms with Crippen LogP contribution in [0.25, 0.3) is 22.8 Å². The molecule has 3 aromatic rings. The molecule has 0 atom stereocenters. The minimum Gasteiger partial charge on any atom is -0.483 e. The van der Waals surface area contributed by atoms with Crippen LogP contribution in [0.4, 0.5) is 8.78 Å². The number of ether oxygens (including phenoxy) is 1. The molecular formula is C26H26ClF2N3O4. The SMILES string of the molecule is O=C(O)C1CCC(N2Cc3ccc(-c4noc(-c5ccc(OC(CF)CF)c(Cl)c5)n4)cc3C2)CC1. The topological polar surface area (TPSA) is 88.7 Å². The third-order valence-corrected chi connectivity index (χ3v) is 7.31. The van der Waals surface area contributed by atoms with Gasteiger partial charge in [-0.25, -0.2) is 8.78 Å². The van der Waals surface area contributed by atoms with Crippen LogP contribution in [0, 0.1) is 5.92 Å². The van der Waals surface area contributed by atoms with E-state index >= 15 is 0 Å². The highest BCUT2D eigenvalue weighted by Gasteiger charge is 2.32. The van der Waals surface area contributed by atoms with E-state index in [9.17, 15) is 18.7 Å². The molecule has 0 saturated heterocycles. The lowest BCUT2D eigenvalue weighted by atomic mass is 9.85. The predicted molar refractivity (Wildman–Crippen MR) is 129 cm³/mol. The first-order chi connectivity index (χ1) is 17.4. The summed E-state index contributed by atoms with van der Waals surface area (Å²) in [6.45, 7) is -0.238. The van der Waals surface area contributed by atoms with Crippen molar-refractivity contribution in [3.63, 3.8) is 0 Å². The molecule has 0 amide bonds. The molecule has 0 spiro atoms. The van der Waals surface area contributed by atoms with Crippen molar-refractivity contribution in [3.8, 4) is 28.6 Å². The Bertz CT molecular complexity index is 1240. The summed E-state index contributed by atoms with van der Waals surface area (Å²) in [4.78, 5) is 18.2. The Hall–Kier alpha value is -3.04. The zero-order valence-electron chi connectivity index (χ0n) is 19.5. The maximum absolute atomic E-state index is 12.8. The highest BCUT2D eigenvalue weighted by molar-refractivity contribution is 6.32. The Labute approximate surface area is 212 Å². The van der Waals surface area contributed by atoms with Gasteiger partial charge in [-0.1, -0.05) is 28.9 Å². The first kappa shape index (κ1) is 24.6. The number of carboxylic acid groups (broad SMARTS) is 1. The molecule has 1 aliphatic carbocycles. The van der Waals surface area contributed by atoms with Crippen LogP contribution in [-0.4, -0.2) is 51.6 Å². The number of nitrogens with zero attached hydrogens (tertiary/aromatic N) is 3. The molecule has 1 N–H and O–H groups in total. The second-order valence-electron chi connectivity index (χ2n) is 9.35. The number of aliphatic carboxylic acids is 1. The van der Waals surface area contributed by atoms with Gasteiger partial charge in [0, 0.05) is 30.3 Å². The highest BCUT2D eigenvalue weighted by Crippen LogP contribution is 2.35. The molecule has 2 aliphatic rings. The van der Waals surface area contributed by atoms with E-state index in [1.54, 1.807) is 12.1 Å². The number of halogens is 3. The van der Waals surface area contributed by atoms with Gasteiger partial charge in [-0.2, -0.15) is 4.98 Å². The third kappa shape index (κ3) is 5.08. The highest BCUT2D eigenvalue weighted by atomic mass is 35.5. The minimum atomic E-state index is -1.20. The Morgan fingerprint density at radius 2 is 1.81 bits per heavy atom. The Balaban J connectivity index is 1.27. The number of benzene rings is 2. The second kappa shape index (κ2) is 10.5. The predicted octanol–water partition coefficient (Wildman–Crippen LogP) is 5.70. The lowest BCUT2D eigenvalue weighted by Crippen LogP contribution is -2.35. The van der Waals surface area contributed by atoms with Gasteiger partial charge in [0.2, 0.25) is 5.82 Å². The molecule has 0 unspecified atom stereocenters. The van der Waals surface area contributed by atoms with Crippen molar-refractivity contribution in [1.29, 1.82) is 0 Å². The van der Waals surface area contributed by atoms with Gasteiger partial charge in [-0.3, -0.25) is 9.69 Å². The molecule has 7 nitrogen and oxygen atoms in total. The van der Waals surface area contributed by atoms with E-state index < -0.39 is 25.4 Å². The van der Waals surface area contributed by atoms with Crippen molar-refractivity contribution in [3.05, 3.63) is 52.5 Å². The average Bonchev–Trinajstić information content (AvgIpc) is 3.55. The van der Waals surface area contributed by atoms with Crippen LogP contribution in [0.3, 0.4) is 0 Å². The zero-order valence-corrected chi connectivity index (χ0v) is 20.3. The van der Waals surface area contributed by atoms with Gasteiger partial charge < -0.3 is 14.4 Å². The number of carbonyl (C=O) groups is 1. The van der Waals surface area contributed by atoms with Crippen LogP contribution in [0.2, 0.25) is 5.02 Å². The molecule has 0 radical (unpaired) electrons. The largest absolute Gasteiger partial charge is 0.483 e. The summed E-state index contributed by atoms with van der Waals surface area (Å²) in [6.07, 6.45) is 2.07. The number of fused-ring (bicyclic) bond motifs is 1. The van der Waals surface area contributed by atoms with Crippen molar-refractivity contribution < 1.29 is 27.9 Å². The van der Waals surface area contributed by atoms with Crippen LogP contribution in [0.1, 0.15) is 36.8 Å². The van der Waals surface area contributed by atoms with Crippen LogP contribution in [0.5, 0.6) is 5.75 Å². The second-order valence-corrected chi connectivity index (χ2v) is 9.76. The van der Waals surface area contributed by atoms with Gasteiger partial charge in [0.1, 0.15) is 19.1 Å². The maximum Gasteiger partial charge on any atom is 0.306 e. The van der Waals surface area contributed by atoms with Gasteiger partial charge in [-0.15, -0.1) is 0 Å². The van der Waals surface area contributed by atoms with Crippen molar-refractivity contribution in [2.24, 2.45) is 5.92 Å². The van der Waals surface area contributed by atoms with E-state index in [1.807, 2.05) is 6.07 Å². The van der Waals surface area contributed by atoms with Gasteiger partial charge in [0.25, 0.3) is 5.89 Å². The minimum absolute atomic E-state index is 0.181. The van der Waals surface area contributed by atoms with Crippen molar-refractivity contribution in [2.45, 2.75) is 50.9 Å². The summed E-state index contributed by atoms with van der Waals surface area (Å²) < 4.78 is 36.2. The van der Waals surface area contributed by atoms with Gasteiger partial charge in [0.05, 0.1) is 10.9 Å². The molecule has 190 valence electrons. The van der Waals surface area contributed by atoms with E-state index in [1.165, 1.54) is 17.2 Å². The van der Waals surface area contributed by atoms with Crippen LogP contribution in [-0.2, 0) is 17.9 Å². The van der Waals surface area contributed by atoms with Crippen molar-refractivity contribution in [2.75, 3.05) is 13.3 Å². The number of rotatable bonds is 8. The summed E-state index contributed by atoms with van der Waals surface area (Å²) in [5.74, 6) is -0.00916. The summed E-state index contributed by atoms with van der Waals surface area (Å²) in [5, 5.41) is 13.6. The standard InChI is InChI=1S/C26H26ClF2N3O4/c27-22-10-17(5-8-23(22)35-21(11-28)12-29)25-30-24(31-36-25)16-1-2-18-13-32(14-19(18)9-16)20-6-3-15(4-7-20)26(33)34/h1-2,5,8-10,15,20-21H,3-4,6-7,11-14H2,(H,33,34). The van der Waals surface area contributed by atoms with E-state index in [-0.39, 0.29) is 22.6 Å². The fraction of sp³-hybridized carbons (Fsp3) is 0.423. The van der Waals surface area contributed by atoms with Gasteiger partial charge in [-0.05, 0) is 61.1 Å². The summed E-state index contributed by atoms with van der Waals surface area (Å²) in [6, 6.07) is 11.2. The van der Waals surface area contributed by atoms with Crippen LogP contribution in [0.15, 0.2) is 40.9 Å². The number of hydrogen-bond acceptors (Lipinski definition) is 6. The molecule has 10 heteroatoms. The first-order valence-electron chi connectivity index (χ1n) is 12.0. The Kier molecular flexibility index (Phi) is 7.20. The molecule has 36 heavy (non-hydrogen) atoms. The maximum atomic E-state index is 12.8. The smallest absolute Gasteiger partial charge is 0.306 e. The summed E-state index contributed by atoms with van der Waals surface area (Å²) in [5.41, 5.74) is 3.86. The molecule has 1 aliphatic heterocycles. The fourth-order valence-corrected chi connectivity index (χ4v) is 5.20. The van der Waals surface area contributed by atoms with E-state index in [0.29, 0.717) is 17.4 Å². The van der Waals surface area contributed by atoms with Crippen molar-refractivity contribution >= 4 is 17.6 Å². The van der Waals surface area contributed by atoms with Gasteiger partial charge in [0.15, 0.2) is 6.10 Å². The monoisotopic (exact) mass is 517 g/mol. The molecule has 1 saturated carbocycles. The quantitative estimate of drug-likeness (QED) is 0.410. The average molecular weight is 518 g/mol. The molecule has 1 aromatic heterocycles. The number of aromatic nitrogens is 2. The normalized spacial score (nSPS) is 20.0. The number of hydrogen-bond donors (Lipinski definition) is 1. The molecule has 5 rings (SSSR count). The number of carboxylic acids is 1. The Morgan fingerprint density at radius 3 is 2.50 bits per heavy atom. The molecule has 2 aromatic carbocycles. The lowest BCUT2D eigenvalue weighted by Gasteiger charge is -2.33. The van der Waals surface area contributed by atoms with Crippen molar-refractivity contribution in [1.82, 2.24) is 15.0 Å². The molecule has 2 heterocycles. The molecule has 0 bridgehead atoms. The van der Waals surface area contributed by atoms with E-state index in [0.717, 1.165) is 44.3 Å². The van der Waals surface area contributed by atoms with Gasteiger partial charge >= 0.3 is 5.97 Å². The molecule has 1 fully saturated rings. The Morgan fingerprint density at radius 1 is 1.08 bits per heavy atom. The van der Waals surface area contributed by atoms with E-state index in [2.05, 4.69) is 27.2 Å². The summed E-state index contributed by atoms with van der Waals surface area (Å²) >= 11 is 6.23. The van der Waals surface area contributed by atoms with Crippen LogP contribution >= 0.6 is 11.6 Å². The third-order valence-electron chi connectivity index (χ3n) is 7.02. The fourth-order valence-electron chi connectivity index (χ4n) is 4.98. The summed E-state index contributed by atoms with van der Waals surface area (Å²) in [7, 11) is 0. The van der Waals surface area contributed by atoms with Crippen LogP contribution < -0.4 is 4.74 Å².